The molecule has 21 heavy (non-hydrogen) atoms. The average Bonchev–Trinajstić information content (AvgIpc) is 2.42. The zero-order valence-corrected chi connectivity index (χ0v) is 13.9. The van der Waals surface area contributed by atoms with Crippen molar-refractivity contribution < 1.29 is 9.13 Å². The zero-order valence-electron chi connectivity index (χ0n) is 13.1. The van der Waals surface area contributed by atoms with Gasteiger partial charge in [0.05, 0.1) is 5.02 Å². The van der Waals surface area contributed by atoms with E-state index in [4.69, 9.17) is 16.3 Å². The third-order valence-electron chi connectivity index (χ3n) is 4.14. The molecule has 2 nitrogen and oxygen atoms in total. The molecule has 0 aromatic heterocycles. The molecule has 0 aliphatic carbocycles. The van der Waals surface area contributed by atoms with Crippen molar-refractivity contribution in [2.75, 3.05) is 19.8 Å². The molecule has 4 heteroatoms. The third kappa shape index (κ3) is 4.67. The Bertz CT molecular complexity index is 478. The molecule has 1 saturated heterocycles. The summed E-state index contributed by atoms with van der Waals surface area (Å²) in [6, 6.07) is 5.08. The van der Waals surface area contributed by atoms with Crippen molar-refractivity contribution in [2.45, 2.75) is 45.6 Å². The van der Waals surface area contributed by atoms with E-state index in [0.29, 0.717) is 0 Å². The molecule has 1 heterocycles. The van der Waals surface area contributed by atoms with E-state index in [1.54, 1.807) is 6.07 Å². The number of benzene rings is 1. The Morgan fingerprint density at radius 1 is 1.29 bits per heavy atom. The van der Waals surface area contributed by atoms with E-state index >= 15 is 0 Å². The summed E-state index contributed by atoms with van der Waals surface area (Å²) < 4.78 is 19.2. The van der Waals surface area contributed by atoms with Crippen LogP contribution in [0.1, 0.15) is 39.2 Å². The lowest BCUT2D eigenvalue weighted by Crippen LogP contribution is -2.47. The Morgan fingerprint density at radius 3 is 2.57 bits per heavy atom. The SMILES string of the molecule is CC(C)(C)NCC1(Cc2cccc(F)c2Cl)CCOCC1. The van der Waals surface area contributed by atoms with Crippen molar-refractivity contribution in [1.29, 1.82) is 0 Å². The van der Waals surface area contributed by atoms with Gasteiger partial charge < -0.3 is 10.1 Å². The summed E-state index contributed by atoms with van der Waals surface area (Å²) in [6.45, 7) is 8.91. The number of halogens is 2. The number of hydrogen-bond donors (Lipinski definition) is 1. The highest BCUT2D eigenvalue weighted by Crippen LogP contribution is 2.36. The molecule has 0 saturated carbocycles. The molecule has 118 valence electrons. The summed E-state index contributed by atoms with van der Waals surface area (Å²) in [5, 5.41) is 3.86. The minimum absolute atomic E-state index is 0.0665. The number of nitrogens with one attached hydrogen (secondary N) is 1. The van der Waals surface area contributed by atoms with Crippen LogP contribution in [0.4, 0.5) is 4.39 Å². The van der Waals surface area contributed by atoms with Gasteiger partial charge in [0.25, 0.3) is 0 Å². The molecule has 1 aliphatic rings. The first-order valence-electron chi connectivity index (χ1n) is 7.57. The summed E-state index contributed by atoms with van der Waals surface area (Å²) in [6.07, 6.45) is 2.74. The van der Waals surface area contributed by atoms with E-state index in [0.717, 1.165) is 44.6 Å². The molecular weight excluding hydrogens is 289 g/mol. The maximum absolute atomic E-state index is 13.7. The van der Waals surface area contributed by atoms with Crippen LogP contribution >= 0.6 is 11.6 Å². The molecule has 1 aromatic carbocycles. The van der Waals surface area contributed by atoms with Crippen molar-refractivity contribution in [3.8, 4) is 0 Å². The molecule has 1 N–H and O–H groups in total. The van der Waals surface area contributed by atoms with E-state index in [9.17, 15) is 4.39 Å². The fourth-order valence-electron chi connectivity index (χ4n) is 2.76. The molecule has 0 unspecified atom stereocenters. The van der Waals surface area contributed by atoms with Crippen LogP contribution in [0.3, 0.4) is 0 Å². The van der Waals surface area contributed by atoms with Gasteiger partial charge in [-0.3, -0.25) is 0 Å². The van der Waals surface area contributed by atoms with Crippen molar-refractivity contribution >= 4 is 11.6 Å². The molecule has 1 aromatic rings. The Kier molecular flexibility index (Phi) is 5.29. The predicted molar refractivity (Wildman–Crippen MR) is 85.4 cm³/mol. The predicted octanol–water partition coefficient (Wildman–Crippen LogP) is 4.21. The van der Waals surface area contributed by atoms with Crippen LogP contribution < -0.4 is 5.32 Å². The zero-order chi connectivity index (χ0) is 15.5. The second-order valence-corrected chi connectivity index (χ2v) is 7.48. The van der Waals surface area contributed by atoms with E-state index in [2.05, 4.69) is 26.1 Å². The van der Waals surface area contributed by atoms with Gasteiger partial charge >= 0.3 is 0 Å². The number of hydrogen-bond acceptors (Lipinski definition) is 2. The largest absolute Gasteiger partial charge is 0.381 e. The first-order valence-corrected chi connectivity index (χ1v) is 7.95. The lowest BCUT2D eigenvalue weighted by Gasteiger charge is -2.40. The minimum atomic E-state index is -0.333. The fraction of sp³-hybridized carbons (Fsp3) is 0.647. The maximum atomic E-state index is 13.7. The molecule has 0 radical (unpaired) electrons. The molecule has 2 rings (SSSR count). The molecule has 0 atom stereocenters. The van der Waals surface area contributed by atoms with E-state index in [-0.39, 0.29) is 21.8 Å². The van der Waals surface area contributed by atoms with Crippen LogP contribution in [0.15, 0.2) is 18.2 Å². The summed E-state index contributed by atoms with van der Waals surface area (Å²) >= 11 is 6.14. The van der Waals surface area contributed by atoms with Gasteiger partial charge in [-0.15, -0.1) is 0 Å². The monoisotopic (exact) mass is 313 g/mol. The Morgan fingerprint density at radius 2 is 1.95 bits per heavy atom. The summed E-state index contributed by atoms with van der Waals surface area (Å²) in [5.74, 6) is -0.333. The van der Waals surface area contributed by atoms with Crippen molar-refractivity contribution in [3.05, 3.63) is 34.6 Å². The van der Waals surface area contributed by atoms with Gasteiger partial charge in [-0.25, -0.2) is 4.39 Å². The van der Waals surface area contributed by atoms with Crippen molar-refractivity contribution in [1.82, 2.24) is 5.32 Å². The first-order chi connectivity index (χ1) is 9.81. The first kappa shape index (κ1) is 16.7. The maximum Gasteiger partial charge on any atom is 0.142 e. The van der Waals surface area contributed by atoms with Crippen LogP contribution in [0.2, 0.25) is 5.02 Å². The second kappa shape index (κ2) is 6.64. The Labute approximate surface area is 132 Å². The highest BCUT2D eigenvalue weighted by Gasteiger charge is 2.34. The normalized spacial score (nSPS) is 18.7. The van der Waals surface area contributed by atoms with Gasteiger partial charge in [-0.2, -0.15) is 0 Å². The van der Waals surface area contributed by atoms with Crippen LogP contribution in [0, 0.1) is 11.2 Å². The second-order valence-electron chi connectivity index (χ2n) is 7.11. The highest BCUT2D eigenvalue weighted by molar-refractivity contribution is 6.31. The van der Waals surface area contributed by atoms with Crippen LogP contribution in [0.5, 0.6) is 0 Å². The van der Waals surface area contributed by atoms with E-state index in [1.807, 2.05) is 6.07 Å². The van der Waals surface area contributed by atoms with E-state index in [1.165, 1.54) is 6.07 Å². The van der Waals surface area contributed by atoms with Crippen molar-refractivity contribution in [2.24, 2.45) is 5.41 Å². The van der Waals surface area contributed by atoms with Gasteiger partial charge in [0.1, 0.15) is 5.82 Å². The van der Waals surface area contributed by atoms with Gasteiger partial charge in [0.2, 0.25) is 0 Å². The van der Waals surface area contributed by atoms with Crippen molar-refractivity contribution in [3.63, 3.8) is 0 Å². The van der Waals surface area contributed by atoms with Crippen LogP contribution in [0.25, 0.3) is 0 Å². The Hall–Kier alpha value is -0.640. The summed E-state index contributed by atoms with van der Waals surface area (Å²) in [7, 11) is 0. The average molecular weight is 314 g/mol. The van der Waals surface area contributed by atoms with Crippen LogP contribution in [-0.4, -0.2) is 25.3 Å². The lowest BCUT2D eigenvalue weighted by molar-refractivity contribution is 0.0121. The minimum Gasteiger partial charge on any atom is -0.381 e. The van der Waals surface area contributed by atoms with Gasteiger partial charge in [-0.1, -0.05) is 23.7 Å². The number of rotatable bonds is 4. The van der Waals surface area contributed by atoms with Gasteiger partial charge in [0, 0.05) is 25.3 Å². The van der Waals surface area contributed by atoms with Crippen LogP contribution in [-0.2, 0) is 11.2 Å². The molecule has 0 bridgehead atoms. The lowest BCUT2D eigenvalue weighted by atomic mass is 9.74. The highest BCUT2D eigenvalue weighted by atomic mass is 35.5. The summed E-state index contributed by atoms with van der Waals surface area (Å²) in [5.41, 5.74) is 1.05. The quantitative estimate of drug-likeness (QED) is 0.899. The molecule has 0 spiro atoms. The smallest absolute Gasteiger partial charge is 0.142 e. The third-order valence-corrected chi connectivity index (χ3v) is 4.57. The number of ether oxygens (including phenoxy) is 1. The molecule has 0 amide bonds. The molecular formula is C17H25ClFNO. The topological polar surface area (TPSA) is 21.3 Å². The fourth-order valence-corrected chi connectivity index (χ4v) is 2.95. The van der Waals surface area contributed by atoms with E-state index < -0.39 is 0 Å². The van der Waals surface area contributed by atoms with Gasteiger partial charge in [0.15, 0.2) is 0 Å². The summed E-state index contributed by atoms with van der Waals surface area (Å²) in [4.78, 5) is 0. The molecule has 1 aliphatic heterocycles. The Balaban J connectivity index is 2.17. The van der Waals surface area contributed by atoms with Gasteiger partial charge in [-0.05, 0) is 57.1 Å². The molecule has 1 fully saturated rings. The standard InChI is InChI=1S/C17H25ClFNO/c1-16(2,3)20-12-17(7-9-21-10-8-17)11-13-5-4-6-14(19)15(13)18/h4-6,20H,7-12H2,1-3H3.